The molecule has 2 nitrogen and oxygen atoms in total. The lowest BCUT2D eigenvalue weighted by Gasteiger charge is -1.90. The molecule has 0 aliphatic carbocycles. The summed E-state index contributed by atoms with van der Waals surface area (Å²) in [6.45, 7) is 2.15. The van der Waals surface area contributed by atoms with Crippen LogP contribution in [0, 0.1) is 6.92 Å². The van der Waals surface area contributed by atoms with E-state index in [1.807, 2.05) is 6.92 Å². The molecule has 56 valence electrons. The van der Waals surface area contributed by atoms with Gasteiger partial charge in [-0.15, -0.1) is 11.3 Å². The summed E-state index contributed by atoms with van der Waals surface area (Å²) in [6.07, 6.45) is 0.717. The van der Waals surface area contributed by atoms with Crippen LogP contribution in [0.25, 0.3) is 0 Å². The SMILES string of the molecule is Cc1nc(Br)sc1CCO. The van der Waals surface area contributed by atoms with E-state index in [0.29, 0.717) is 0 Å². The van der Waals surface area contributed by atoms with E-state index >= 15 is 0 Å². The van der Waals surface area contributed by atoms with Crippen LogP contribution in [-0.2, 0) is 6.42 Å². The molecule has 1 aromatic rings. The van der Waals surface area contributed by atoms with Gasteiger partial charge in [0.05, 0.1) is 5.69 Å². The van der Waals surface area contributed by atoms with Crippen LogP contribution in [0.2, 0.25) is 0 Å². The Bertz CT molecular complexity index is 224. The number of halogens is 1. The molecule has 0 radical (unpaired) electrons. The Morgan fingerprint density at radius 2 is 2.40 bits per heavy atom. The van der Waals surface area contributed by atoms with Crippen molar-refractivity contribution in [2.24, 2.45) is 0 Å². The molecule has 10 heavy (non-hydrogen) atoms. The van der Waals surface area contributed by atoms with Crippen LogP contribution in [0.1, 0.15) is 10.6 Å². The zero-order valence-electron chi connectivity index (χ0n) is 5.59. The number of thiazole rings is 1. The highest BCUT2D eigenvalue weighted by molar-refractivity contribution is 9.11. The van der Waals surface area contributed by atoms with Crippen LogP contribution in [0.5, 0.6) is 0 Å². The lowest BCUT2D eigenvalue weighted by molar-refractivity contribution is 0.300. The monoisotopic (exact) mass is 221 g/mol. The van der Waals surface area contributed by atoms with Gasteiger partial charge >= 0.3 is 0 Å². The average Bonchev–Trinajstić information content (AvgIpc) is 2.13. The van der Waals surface area contributed by atoms with Crippen molar-refractivity contribution in [1.29, 1.82) is 0 Å². The molecule has 0 spiro atoms. The average molecular weight is 222 g/mol. The van der Waals surface area contributed by atoms with Crippen molar-refractivity contribution in [3.8, 4) is 0 Å². The van der Waals surface area contributed by atoms with E-state index < -0.39 is 0 Å². The predicted molar refractivity (Wildman–Crippen MR) is 45.3 cm³/mol. The lowest BCUT2D eigenvalue weighted by atomic mass is 10.3. The highest BCUT2D eigenvalue weighted by atomic mass is 79.9. The van der Waals surface area contributed by atoms with Crippen LogP contribution in [0.4, 0.5) is 0 Å². The van der Waals surface area contributed by atoms with Gasteiger partial charge in [0, 0.05) is 17.9 Å². The summed E-state index contributed by atoms with van der Waals surface area (Å²) in [5, 5.41) is 8.62. The molecule has 0 saturated heterocycles. The Balaban J connectivity index is 2.81. The molecule has 0 bridgehead atoms. The van der Waals surface area contributed by atoms with Gasteiger partial charge in [0.15, 0.2) is 3.92 Å². The molecule has 1 aromatic heterocycles. The molecule has 0 atom stereocenters. The minimum absolute atomic E-state index is 0.204. The van der Waals surface area contributed by atoms with Gasteiger partial charge in [-0.2, -0.15) is 0 Å². The van der Waals surface area contributed by atoms with Gasteiger partial charge in [-0.25, -0.2) is 4.98 Å². The van der Waals surface area contributed by atoms with Crippen molar-refractivity contribution < 1.29 is 5.11 Å². The zero-order valence-corrected chi connectivity index (χ0v) is 8.00. The minimum Gasteiger partial charge on any atom is -0.396 e. The van der Waals surface area contributed by atoms with Gasteiger partial charge in [-0.1, -0.05) is 0 Å². The number of aliphatic hydroxyl groups is 1. The summed E-state index contributed by atoms with van der Waals surface area (Å²) in [4.78, 5) is 5.32. The van der Waals surface area contributed by atoms with Crippen LogP contribution < -0.4 is 0 Å². The normalized spacial score (nSPS) is 10.3. The van der Waals surface area contributed by atoms with Gasteiger partial charge in [0.1, 0.15) is 0 Å². The summed E-state index contributed by atoms with van der Waals surface area (Å²) in [6, 6.07) is 0. The Hall–Kier alpha value is 0.0700. The molecule has 1 heterocycles. The molecule has 0 fully saturated rings. The van der Waals surface area contributed by atoms with Gasteiger partial charge in [-0.05, 0) is 22.9 Å². The van der Waals surface area contributed by atoms with E-state index in [-0.39, 0.29) is 6.61 Å². The highest BCUT2D eigenvalue weighted by Crippen LogP contribution is 2.22. The molecule has 0 saturated carbocycles. The molecule has 0 aromatic carbocycles. The van der Waals surface area contributed by atoms with Crippen LogP contribution in [0.15, 0.2) is 3.92 Å². The number of aromatic nitrogens is 1. The number of aliphatic hydroxyl groups excluding tert-OH is 1. The summed E-state index contributed by atoms with van der Waals surface area (Å²) in [7, 11) is 0. The van der Waals surface area contributed by atoms with E-state index in [0.717, 1.165) is 20.9 Å². The Morgan fingerprint density at radius 1 is 1.70 bits per heavy atom. The van der Waals surface area contributed by atoms with E-state index in [1.54, 1.807) is 11.3 Å². The maximum absolute atomic E-state index is 8.62. The third-order valence-corrected chi connectivity index (χ3v) is 2.87. The lowest BCUT2D eigenvalue weighted by Crippen LogP contribution is -1.88. The first-order valence-corrected chi connectivity index (χ1v) is 4.57. The van der Waals surface area contributed by atoms with E-state index in [1.165, 1.54) is 0 Å². The number of hydrogen-bond donors (Lipinski definition) is 1. The summed E-state index contributed by atoms with van der Waals surface area (Å²) >= 11 is 4.86. The van der Waals surface area contributed by atoms with Gasteiger partial charge < -0.3 is 5.11 Å². The van der Waals surface area contributed by atoms with Crippen LogP contribution in [-0.4, -0.2) is 16.7 Å². The summed E-state index contributed by atoms with van der Waals surface area (Å²) < 4.78 is 0.897. The van der Waals surface area contributed by atoms with Crippen molar-refractivity contribution in [3.05, 3.63) is 14.5 Å². The first kappa shape index (κ1) is 8.17. The zero-order chi connectivity index (χ0) is 7.56. The molecular weight excluding hydrogens is 214 g/mol. The van der Waals surface area contributed by atoms with Crippen molar-refractivity contribution in [3.63, 3.8) is 0 Å². The van der Waals surface area contributed by atoms with Crippen molar-refractivity contribution in [2.75, 3.05) is 6.61 Å². The minimum atomic E-state index is 0.204. The van der Waals surface area contributed by atoms with E-state index in [2.05, 4.69) is 20.9 Å². The predicted octanol–water partition coefficient (Wildman–Crippen LogP) is 1.75. The first-order chi connectivity index (χ1) is 4.74. The number of nitrogens with zero attached hydrogens (tertiary/aromatic N) is 1. The molecule has 1 rings (SSSR count). The number of hydrogen-bond acceptors (Lipinski definition) is 3. The largest absolute Gasteiger partial charge is 0.396 e. The summed E-state index contributed by atoms with van der Waals surface area (Å²) in [5.41, 5.74) is 1.02. The molecule has 0 unspecified atom stereocenters. The maximum Gasteiger partial charge on any atom is 0.159 e. The molecule has 4 heteroatoms. The smallest absolute Gasteiger partial charge is 0.159 e. The third kappa shape index (κ3) is 1.78. The fraction of sp³-hybridized carbons (Fsp3) is 0.500. The quantitative estimate of drug-likeness (QED) is 0.826. The van der Waals surface area contributed by atoms with Gasteiger partial charge in [0.25, 0.3) is 0 Å². The molecule has 1 N–H and O–H groups in total. The van der Waals surface area contributed by atoms with Crippen LogP contribution >= 0.6 is 27.3 Å². The van der Waals surface area contributed by atoms with E-state index in [4.69, 9.17) is 5.11 Å². The maximum atomic E-state index is 8.62. The first-order valence-electron chi connectivity index (χ1n) is 2.96. The van der Waals surface area contributed by atoms with Gasteiger partial charge in [0.2, 0.25) is 0 Å². The van der Waals surface area contributed by atoms with Crippen LogP contribution in [0.3, 0.4) is 0 Å². The standard InChI is InChI=1S/C6H8BrNOS/c1-4-5(2-3-9)10-6(7)8-4/h9H,2-3H2,1H3. The second-order valence-corrected chi connectivity index (χ2v) is 4.31. The molecule has 0 amide bonds. The molecule has 0 aliphatic heterocycles. The second-order valence-electron chi connectivity index (χ2n) is 1.95. The fourth-order valence-electron chi connectivity index (χ4n) is 0.726. The Labute approximate surface area is 72.0 Å². The topological polar surface area (TPSA) is 33.1 Å². The summed E-state index contributed by atoms with van der Waals surface area (Å²) in [5.74, 6) is 0. The van der Waals surface area contributed by atoms with Gasteiger partial charge in [-0.3, -0.25) is 0 Å². The third-order valence-electron chi connectivity index (χ3n) is 1.21. The van der Waals surface area contributed by atoms with Crippen molar-refractivity contribution >= 4 is 27.3 Å². The van der Waals surface area contributed by atoms with E-state index in [9.17, 15) is 0 Å². The second kappa shape index (κ2) is 3.46. The Kier molecular flexibility index (Phi) is 2.82. The Morgan fingerprint density at radius 3 is 2.80 bits per heavy atom. The fourth-order valence-corrected chi connectivity index (χ4v) is 2.35. The number of rotatable bonds is 2. The van der Waals surface area contributed by atoms with Crippen molar-refractivity contribution in [1.82, 2.24) is 4.98 Å². The molecule has 0 aliphatic rings. The number of aryl methyl sites for hydroxylation is 1. The van der Waals surface area contributed by atoms with Crippen molar-refractivity contribution in [2.45, 2.75) is 13.3 Å². The molecular formula is C6H8BrNOS. The highest BCUT2D eigenvalue weighted by Gasteiger charge is 2.03.